The van der Waals surface area contributed by atoms with Crippen LogP contribution in [0.2, 0.25) is 0 Å². The van der Waals surface area contributed by atoms with Gasteiger partial charge in [0, 0.05) is 36.6 Å². The molecule has 150 valence electrons. The van der Waals surface area contributed by atoms with Gasteiger partial charge in [-0.25, -0.2) is 15.0 Å². The Bertz CT molecular complexity index is 1040. The molecule has 2 aromatic heterocycles. The summed E-state index contributed by atoms with van der Waals surface area (Å²) in [6.07, 6.45) is 5.35. The van der Waals surface area contributed by atoms with Gasteiger partial charge in [0.2, 0.25) is 11.9 Å². The fourth-order valence-electron chi connectivity index (χ4n) is 3.42. The fourth-order valence-corrected chi connectivity index (χ4v) is 3.42. The highest BCUT2D eigenvalue weighted by molar-refractivity contribution is 5.64. The number of aromatic nitrogens is 4. The monoisotopic (exact) mass is 392 g/mol. The molecule has 4 rings (SSSR count). The molecule has 0 unspecified atom stereocenters. The molecule has 1 aliphatic rings. The summed E-state index contributed by atoms with van der Waals surface area (Å²) < 4.78 is 5.16. The van der Waals surface area contributed by atoms with E-state index in [0.717, 1.165) is 41.7 Å². The van der Waals surface area contributed by atoms with Crippen molar-refractivity contribution in [3.8, 4) is 17.0 Å². The number of nitrogens with zero attached hydrogens (tertiary/aromatic N) is 4. The van der Waals surface area contributed by atoms with Crippen molar-refractivity contribution in [2.45, 2.75) is 26.2 Å². The molecule has 0 radical (unpaired) electrons. The zero-order valence-electron chi connectivity index (χ0n) is 16.6. The number of aromatic amines is 1. The maximum atomic E-state index is 12.2. The van der Waals surface area contributed by atoms with Crippen LogP contribution in [0.4, 0.5) is 17.6 Å². The molecule has 0 bridgehead atoms. The third-order valence-corrected chi connectivity index (χ3v) is 4.98. The first-order valence-electron chi connectivity index (χ1n) is 9.74. The predicted molar refractivity (Wildman–Crippen MR) is 113 cm³/mol. The van der Waals surface area contributed by atoms with Gasteiger partial charge in [-0.15, -0.1) is 0 Å². The lowest BCUT2D eigenvalue weighted by atomic mass is 10.1. The quantitative estimate of drug-likeness (QED) is 0.688. The Morgan fingerprint density at radius 3 is 2.55 bits per heavy atom. The Morgan fingerprint density at radius 1 is 1.10 bits per heavy atom. The van der Waals surface area contributed by atoms with E-state index in [-0.39, 0.29) is 5.56 Å². The summed E-state index contributed by atoms with van der Waals surface area (Å²) in [6, 6.07) is 8.84. The Hall–Kier alpha value is -3.42. The number of H-pyrrole nitrogens is 1. The standard InChI is InChI=1S/C21H24N6O2/c1-14-17(13-22-21(23-14)27-10-4-3-5-11-27)18-12-19(28)26-20(25-18)24-15-6-8-16(29-2)9-7-15/h6-9,12-13H,3-5,10-11H2,1-2H3,(H2,24,25,26,28). The Labute approximate surface area is 169 Å². The van der Waals surface area contributed by atoms with Crippen LogP contribution in [0, 0.1) is 6.92 Å². The molecule has 0 aliphatic carbocycles. The van der Waals surface area contributed by atoms with Crippen molar-refractivity contribution in [3.63, 3.8) is 0 Å². The van der Waals surface area contributed by atoms with Crippen LogP contribution in [-0.4, -0.2) is 40.1 Å². The van der Waals surface area contributed by atoms with E-state index in [2.05, 4.69) is 30.2 Å². The summed E-state index contributed by atoms with van der Waals surface area (Å²) in [5.41, 5.74) is 2.63. The van der Waals surface area contributed by atoms with Crippen LogP contribution in [0.1, 0.15) is 25.0 Å². The van der Waals surface area contributed by atoms with E-state index < -0.39 is 0 Å². The molecule has 0 spiro atoms. The highest BCUT2D eigenvalue weighted by Crippen LogP contribution is 2.24. The first-order chi connectivity index (χ1) is 14.1. The van der Waals surface area contributed by atoms with Gasteiger partial charge < -0.3 is 15.0 Å². The number of aryl methyl sites for hydroxylation is 1. The molecule has 1 aliphatic heterocycles. The van der Waals surface area contributed by atoms with E-state index >= 15 is 0 Å². The number of methoxy groups -OCH3 is 1. The Morgan fingerprint density at radius 2 is 1.86 bits per heavy atom. The van der Waals surface area contributed by atoms with Gasteiger partial charge >= 0.3 is 0 Å². The van der Waals surface area contributed by atoms with Crippen molar-refractivity contribution < 1.29 is 4.74 Å². The maximum absolute atomic E-state index is 12.2. The molecule has 0 atom stereocenters. The van der Waals surface area contributed by atoms with Crippen LogP contribution < -0.4 is 20.5 Å². The normalized spacial score (nSPS) is 13.9. The van der Waals surface area contributed by atoms with E-state index in [1.807, 2.05) is 31.2 Å². The second kappa shape index (κ2) is 8.30. The fraction of sp³-hybridized carbons (Fsp3) is 0.333. The van der Waals surface area contributed by atoms with Gasteiger partial charge in [0.25, 0.3) is 5.56 Å². The maximum Gasteiger partial charge on any atom is 0.252 e. The number of rotatable bonds is 5. The number of anilines is 3. The van der Waals surface area contributed by atoms with Crippen molar-refractivity contribution >= 4 is 17.6 Å². The highest BCUT2D eigenvalue weighted by Gasteiger charge is 2.16. The minimum absolute atomic E-state index is 0.245. The summed E-state index contributed by atoms with van der Waals surface area (Å²) >= 11 is 0. The zero-order chi connectivity index (χ0) is 20.2. The molecule has 3 aromatic rings. The molecule has 1 aromatic carbocycles. The molecule has 2 N–H and O–H groups in total. The summed E-state index contributed by atoms with van der Waals surface area (Å²) in [6.45, 7) is 3.89. The van der Waals surface area contributed by atoms with Crippen LogP contribution in [0.25, 0.3) is 11.3 Å². The van der Waals surface area contributed by atoms with Crippen LogP contribution in [-0.2, 0) is 0 Å². The van der Waals surface area contributed by atoms with Crippen LogP contribution >= 0.6 is 0 Å². The number of hydrogen-bond acceptors (Lipinski definition) is 7. The molecule has 29 heavy (non-hydrogen) atoms. The molecule has 0 saturated carbocycles. The van der Waals surface area contributed by atoms with Crippen molar-refractivity contribution in [2.24, 2.45) is 0 Å². The second-order valence-corrected chi connectivity index (χ2v) is 7.05. The van der Waals surface area contributed by atoms with E-state index in [1.165, 1.54) is 25.3 Å². The van der Waals surface area contributed by atoms with Crippen LogP contribution in [0.3, 0.4) is 0 Å². The summed E-state index contributed by atoms with van der Waals surface area (Å²) in [7, 11) is 1.62. The molecule has 1 fully saturated rings. The molecule has 3 heterocycles. The van der Waals surface area contributed by atoms with Gasteiger partial charge in [0.05, 0.1) is 18.5 Å². The number of nitrogens with one attached hydrogen (secondary N) is 2. The molecule has 8 heteroatoms. The van der Waals surface area contributed by atoms with Crippen LogP contribution in [0.15, 0.2) is 41.3 Å². The minimum Gasteiger partial charge on any atom is -0.497 e. The van der Waals surface area contributed by atoms with Crippen molar-refractivity contribution in [1.82, 2.24) is 19.9 Å². The summed E-state index contributed by atoms with van der Waals surface area (Å²) in [5, 5.41) is 3.12. The first kappa shape index (κ1) is 18.9. The molecular formula is C21H24N6O2. The minimum atomic E-state index is -0.245. The summed E-state index contributed by atoms with van der Waals surface area (Å²) in [5.74, 6) is 1.86. The van der Waals surface area contributed by atoms with Gasteiger partial charge in [0.15, 0.2) is 0 Å². The Kier molecular flexibility index (Phi) is 5.41. The van der Waals surface area contributed by atoms with E-state index in [9.17, 15) is 4.79 Å². The van der Waals surface area contributed by atoms with Crippen molar-refractivity contribution in [3.05, 3.63) is 52.6 Å². The van der Waals surface area contributed by atoms with Crippen molar-refractivity contribution in [2.75, 3.05) is 30.4 Å². The lowest BCUT2D eigenvalue weighted by Gasteiger charge is -2.26. The summed E-state index contributed by atoms with van der Waals surface area (Å²) in [4.78, 5) is 30.9. The first-order valence-corrected chi connectivity index (χ1v) is 9.74. The van der Waals surface area contributed by atoms with E-state index in [0.29, 0.717) is 11.6 Å². The molecule has 8 nitrogen and oxygen atoms in total. The van der Waals surface area contributed by atoms with Crippen LogP contribution in [0.5, 0.6) is 5.75 Å². The lowest BCUT2D eigenvalue weighted by Crippen LogP contribution is -2.31. The smallest absolute Gasteiger partial charge is 0.252 e. The average Bonchev–Trinajstić information content (AvgIpc) is 2.74. The number of hydrogen-bond donors (Lipinski definition) is 2. The van der Waals surface area contributed by atoms with Gasteiger partial charge in [-0.3, -0.25) is 9.78 Å². The Balaban J connectivity index is 1.60. The van der Waals surface area contributed by atoms with E-state index in [4.69, 9.17) is 4.74 Å². The second-order valence-electron chi connectivity index (χ2n) is 7.05. The largest absolute Gasteiger partial charge is 0.497 e. The van der Waals surface area contributed by atoms with Gasteiger partial charge in [0.1, 0.15) is 5.75 Å². The third kappa shape index (κ3) is 4.37. The highest BCUT2D eigenvalue weighted by atomic mass is 16.5. The third-order valence-electron chi connectivity index (χ3n) is 4.98. The zero-order valence-corrected chi connectivity index (χ0v) is 16.6. The lowest BCUT2D eigenvalue weighted by molar-refractivity contribution is 0.415. The number of piperidine rings is 1. The molecule has 1 saturated heterocycles. The van der Waals surface area contributed by atoms with Gasteiger partial charge in [-0.1, -0.05) is 0 Å². The van der Waals surface area contributed by atoms with Crippen molar-refractivity contribution in [1.29, 1.82) is 0 Å². The SMILES string of the molecule is COc1ccc(Nc2nc(-c3cnc(N4CCCCC4)nc3C)cc(=O)[nH]2)cc1. The number of benzene rings is 1. The van der Waals surface area contributed by atoms with E-state index in [1.54, 1.807) is 13.3 Å². The molecular weight excluding hydrogens is 368 g/mol. The average molecular weight is 392 g/mol. The topological polar surface area (TPSA) is 96.0 Å². The number of ether oxygens (including phenoxy) is 1. The predicted octanol–water partition coefficient (Wildman–Crippen LogP) is 3.28. The van der Waals surface area contributed by atoms with Gasteiger partial charge in [-0.05, 0) is 50.5 Å². The molecule has 0 amide bonds. The van der Waals surface area contributed by atoms with Gasteiger partial charge in [-0.2, -0.15) is 0 Å².